The highest BCUT2D eigenvalue weighted by Gasteiger charge is 2.04. The highest BCUT2D eigenvalue weighted by molar-refractivity contribution is 5.93. The molecule has 0 saturated heterocycles. The van der Waals surface area contributed by atoms with Crippen LogP contribution in [0, 0.1) is 0 Å². The van der Waals surface area contributed by atoms with Crippen molar-refractivity contribution in [3.05, 3.63) is 42.5 Å². The average Bonchev–Trinajstić information content (AvgIpc) is 2.28. The van der Waals surface area contributed by atoms with Crippen LogP contribution in [-0.4, -0.2) is 18.5 Å². The van der Waals surface area contributed by atoms with Gasteiger partial charge in [0.25, 0.3) is 5.91 Å². The zero-order valence-electron chi connectivity index (χ0n) is 8.97. The van der Waals surface area contributed by atoms with Crippen molar-refractivity contribution in [3.8, 4) is 0 Å². The molecule has 1 aromatic rings. The fourth-order valence-electron chi connectivity index (χ4n) is 1.04. The second-order valence-corrected chi connectivity index (χ2v) is 3.02. The maximum absolute atomic E-state index is 11.3. The van der Waals surface area contributed by atoms with Crippen molar-refractivity contribution in [1.29, 1.82) is 0 Å². The lowest BCUT2D eigenvalue weighted by atomic mass is 10.3. The Morgan fingerprint density at radius 2 is 2.00 bits per heavy atom. The number of allylic oxidation sites excluding steroid dienone is 1. The Labute approximate surface area is 93.9 Å². The van der Waals surface area contributed by atoms with Crippen LogP contribution in [0.2, 0.25) is 0 Å². The molecule has 1 N–H and O–H groups in total. The Morgan fingerprint density at radius 3 is 2.62 bits per heavy atom. The van der Waals surface area contributed by atoms with E-state index in [1.807, 2.05) is 6.07 Å². The van der Waals surface area contributed by atoms with Crippen molar-refractivity contribution in [2.45, 2.75) is 6.92 Å². The van der Waals surface area contributed by atoms with E-state index in [2.05, 4.69) is 10.1 Å². The Morgan fingerprint density at radius 1 is 1.31 bits per heavy atom. The molecule has 0 fully saturated rings. The van der Waals surface area contributed by atoms with Gasteiger partial charge in [-0.3, -0.25) is 4.79 Å². The second kappa shape index (κ2) is 6.40. The number of carbonyl (C=O) groups excluding carboxylic acids is 2. The van der Waals surface area contributed by atoms with E-state index in [-0.39, 0.29) is 12.5 Å². The summed E-state index contributed by atoms with van der Waals surface area (Å²) in [7, 11) is 0. The first kappa shape index (κ1) is 12.0. The summed E-state index contributed by atoms with van der Waals surface area (Å²) < 4.78 is 4.68. The van der Waals surface area contributed by atoms with Crippen LogP contribution in [0.1, 0.15) is 6.92 Å². The smallest absolute Gasteiger partial charge is 0.330 e. The highest BCUT2D eigenvalue weighted by atomic mass is 16.5. The molecule has 0 bridgehead atoms. The number of para-hydroxylation sites is 1. The summed E-state index contributed by atoms with van der Waals surface area (Å²) in [6.45, 7) is 1.42. The quantitative estimate of drug-likeness (QED) is 0.620. The molecule has 0 aliphatic rings. The lowest BCUT2D eigenvalue weighted by Crippen LogP contribution is -2.20. The first-order chi connectivity index (χ1) is 7.72. The molecule has 0 unspecified atom stereocenters. The van der Waals surface area contributed by atoms with Crippen molar-refractivity contribution in [2.75, 3.05) is 11.9 Å². The molecular weight excluding hydrogens is 206 g/mol. The first-order valence-electron chi connectivity index (χ1n) is 4.86. The normalized spacial score (nSPS) is 10.1. The van der Waals surface area contributed by atoms with Crippen LogP contribution < -0.4 is 5.32 Å². The van der Waals surface area contributed by atoms with E-state index < -0.39 is 5.97 Å². The zero-order chi connectivity index (χ0) is 11.8. The predicted molar refractivity (Wildman–Crippen MR) is 60.8 cm³/mol. The number of benzene rings is 1. The van der Waals surface area contributed by atoms with Gasteiger partial charge in [-0.2, -0.15) is 0 Å². The van der Waals surface area contributed by atoms with Crippen molar-refractivity contribution in [3.63, 3.8) is 0 Å². The van der Waals surface area contributed by atoms with E-state index in [0.29, 0.717) is 5.69 Å². The molecule has 0 saturated carbocycles. The molecule has 0 radical (unpaired) electrons. The molecule has 0 aliphatic carbocycles. The third-order valence-electron chi connectivity index (χ3n) is 1.71. The summed E-state index contributed by atoms with van der Waals surface area (Å²) in [5, 5.41) is 2.60. The summed E-state index contributed by atoms with van der Waals surface area (Å²) in [6.07, 6.45) is 2.81. The van der Waals surface area contributed by atoms with Gasteiger partial charge in [0.05, 0.1) is 0 Å². The Kier molecular flexibility index (Phi) is 4.79. The summed E-state index contributed by atoms with van der Waals surface area (Å²) in [5.41, 5.74) is 0.676. The highest BCUT2D eigenvalue weighted by Crippen LogP contribution is 2.04. The van der Waals surface area contributed by atoms with Gasteiger partial charge >= 0.3 is 5.97 Å². The maximum Gasteiger partial charge on any atom is 0.330 e. The van der Waals surface area contributed by atoms with Gasteiger partial charge in [0.15, 0.2) is 6.61 Å². The Hall–Kier alpha value is -2.10. The lowest BCUT2D eigenvalue weighted by Gasteiger charge is -2.04. The van der Waals surface area contributed by atoms with Crippen molar-refractivity contribution in [1.82, 2.24) is 0 Å². The largest absolute Gasteiger partial charge is 0.452 e. The molecule has 0 heterocycles. The monoisotopic (exact) mass is 219 g/mol. The van der Waals surface area contributed by atoms with Gasteiger partial charge in [-0.15, -0.1) is 0 Å². The summed E-state index contributed by atoms with van der Waals surface area (Å²) >= 11 is 0. The molecule has 0 aromatic heterocycles. The van der Waals surface area contributed by atoms with Crippen LogP contribution in [0.4, 0.5) is 5.69 Å². The fraction of sp³-hybridized carbons (Fsp3) is 0.167. The minimum absolute atomic E-state index is 0.280. The van der Waals surface area contributed by atoms with Gasteiger partial charge < -0.3 is 10.1 Å². The Balaban J connectivity index is 2.34. The predicted octanol–water partition coefficient (Wildman–Crippen LogP) is 1.74. The van der Waals surface area contributed by atoms with Crippen LogP contribution in [-0.2, 0) is 14.3 Å². The van der Waals surface area contributed by atoms with Crippen LogP contribution in [0.5, 0.6) is 0 Å². The number of amides is 1. The van der Waals surface area contributed by atoms with Gasteiger partial charge in [-0.05, 0) is 19.1 Å². The molecule has 0 aliphatic heterocycles. The molecule has 16 heavy (non-hydrogen) atoms. The molecule has 4 heteroatoms. The summed E-state index contributed by atoms with van der Waals surface area (Å²) in [5.74, 6) is -0.880. The zero-order valence-corrected chi connectivity index (χ0v) is 8.97. The minimum Gasteiger partial charge on any atom is -0.452 e. The van der Waals surface area contributed by atoms with E-state index in [9.17, 15) is 9.59 Å². The number of hydrogen-bond donors (Lipinski definition) is 1. The molecule has 4 nitrogen and oxygen atoms in total. The number of anilines is 1. The van der Waals surface area contributed by atoms with Gasteiger partial charge in [-0.1, -0.05) is 24.3 Å². The van der Waals surface area contributed by atoms with Crippen molar-refractivity contribution >= 4 is 17.6 Å². The van der Waals surface area contributed by atoms with Crippen LogP contribution in [0.15, 0.2) is 42.5 Å². The summed E-state index contributed by atoms with van der Waals surface area (Å²) in [6, 6.07) is 8.97. The van der Waals surface area contributed by atoms with Gasteiger partial charge in [0.2, 0.25) is 0 Å². The lowest BCUT2D eigenvalue weighted by molar-refractivity contribution is -0.142. The van der Waals surface area contributed by atoms with Crippen molar-refractivity contribution in [2.24, 2.45) is 0 Å². The number of rotatable bonds is 4. The van der Waals surface area contributed by atoms with Crippen molar-refractivity contribution < 1.29 is 14.3 Å². The number of carbonyl (C=O) groups is 2. The Bertz CT molecular complexity index is 385. The van der Waals surface area contributed by atoms with Gasteiger partial charge in [-0.25, -0.2) is 4.79 Å². The van der Waals surface area contributed by atoms with E-state index in [1.165, 1.54) is 6.08 Å². The average molecular weight is 219 g/mol. The van der Waals surface area contributed by atoms with E-state index in [4.69, 9.17) is 0 Å². The first-order valence-corrected chi connectivity index (χ1v) is 4.86. The molecule has 0 atom stereocenters. The standard InChI is InChI=1S/C12H13NO3/c1-2-6-12(15)16-9-11(14)13-10-7-4-3-5-8-10/h2-8H,9H2,1H3,(H,13,14). The summed E-state index contributed by atoms with van der Waals surface area (Å²) in [4.78, 5) is 22.2. The number of hydrogen-bond acceptors (Lipinski definition) is 3. The van der Waals surface area contributed by atoms with Gasteiger partial charge in [0.1, 0.15) is 0 Å². The topological polar surface area (TPSA) is 55.4 Å². The third kappa shape index (κ3) is 4.41. The maximum atomic E-state index is 11.3. The number of ether oxygens (including phenoxy) is 1. The minimum atomic E-state index is -0.522. The SMILES string of the molecule is CC=CC(=O)OCC(=O)Nc1ccccc1. The fourth-order valence-corrected chi connectivity index (χ4v) is 1.04. The second-order valence-electron chi connectivity index (χ2n) is 3.02. The molecule has 0 spiro atoms. The molecular formula is C12H13NO3. The molecule has 84 valence electrons. The molecule has 1 aromatic carbocycles. The van der Waals surface area contributed by atoms with Crippen LogP contribution >= 0.6 is 0 Å². The molecule has 1 rings (SSSR count). The molecule has 1 amide bonds. The van der Waals surface area contributed by atoms with Crippen LogP contribution in [0.3, 0.4) is 0 Å². The van der Waals surface area contributed by atoms with Gasteiger partial charge in [0, 0.05) is 11.8 Å². The van der Waals surface area contributed by atoms with E-state index in [0.717, 1.165) is 0 Å². The number of esters is 1. The van der Waals surface area contributed by atoms with Crippen LogP contribution in [0.25, 0.3) is 0 Å². The number of nitrogens with one attached hydrogen (secondary N) is 1. The van der Waals surface area contributed by atoms with E-state index >= 15 is 0 Å². The third-order valence-corrected chi connectivity index (χ3v) is 1.71. The van der Waals surface area contributed by atoms with E-state index in [1.54, 1.807) is 37.3 Å².